The van der Waals surface area contributed by atoms with Crippen LogP contribution < -0.4 is 5.32 Å². The van der Waals surface area contributed by atoms with Crippen molar-refractivity contribution in [2.24, 2.45) is 0 Å². The molecule has 1 aromatic heterocycles. The summed E-state index contributed by atoms with van der Waals surface area (Å²) in [5, 5.41) is 11.5. The summed E-state index contributed by atoms with van der Waals surface area (Å²) >= 11 is 1.70. The summed E-state index contributed by atoms with van der Waals surface area (Å²) in [5.74, 6) is -1.13. The van der Waals surface area contributed by atoms with Gasteiger partial charge in [0.05, 0.1) is 0 Å². The number of nitrogens with one attached hydrogen (secondary N) is 1. The molecule has 4 nitrogen and oxygen atoms in total. The van der Waals surface area contributed by atoms with Gasteiger partial charge in [0.25, 0.3) is 0 Å². The van der Waals surface area contributed by atoms with Crippen molar-refractivity contribution >= 4 is 23.5 Å². The lowest BCUT2D eigenvalue weighted by atomic mass is 10.2. The van der Waals surface area contributed by atoms with Crippen molar-refractivity contribution in [1.82, 2.24) is 4.98 Å². The maximum absolute atomic E-state index is 13.5. The van der Waals surface area contributed by atoms with Crippen LogP contribution in [0.15, 0.2) is 12.3 Å². The van der Waals surface area contributed by atoms with E-state index in [0.29, 0.717) is 6.54 Å². The van der Waals surface area contributed by atoms with E-state index in [4.69, 9.17) is 5.11 Å². The molecule has 0 aromatic carbocycles. The van der Waals surface area contributed by atoms with E-state index in [0.717, 1.165) is 18.2 Å². The van der Waals surface area contributed by atoms with Crippen LogP contribution in [0.3, 0.4) is 0 Å². The molecule has 1 heterocycles. The first-order chi connectivity index (χ1) is 7.66. The predicted octanol–water partition coefficient (Wildman–Crippen LogP) is 2.08. The fourth-order valence-corrected chi connectivity index (χ4v) is 1.59. The molecule has 0 fully saturated rings. The number of thioether (sulfide) groups is 1. The zero-order valence-corrected chi connectivity index (χ0v) is 9.68. The molecule has 1 aromatic rings. The number of aromatic nitrogens is 1. The average molecular weight is 244 g/mol. The zero-order valence-electron chi connectivity index (χ0n) is 8.86. The fraction of sp³-hybridized carbons (Fsp3) is 0.400. The molecular formula is C10H13FN2O2S. The third-order valence-corrected chi connectivity index (χ3v) is 2.63. The van der Waals surface area contributed by atoms with Crippen LogP contribution in [0.5, 0.6) is 0 Å². The number of pyridine rings is 1. The highest BCUT2D eigenvalue weighted by Gasteiger charge is 2.14. The van der Waals surface area contributed by atoms with Gasteiger partial charge in [0.15, 0.2) is 11.6 Å². The molecule has 0 saturated heterocycles. The van der Waals surface area contributed by atoms with Gasteiger partial charge >= 0.3 is 5.97 Å². The van der Waals surface area contributed by atoms with E-state index in [-0.39, 0.29) is 11.4 Å². The van der Waals surface area contributed by atoms with E-state index in [1.807, 2.05) is 6.26 Å². The topological polar surface area (TPSA) is 62.2 Å². The van der Waals surface area contributed by atoms with Gasteiger partial charge in [-0.15, -0.1) is 0 Å². The second kappa shape index (κ2) is 6.32. The highest BCUT2D eigenvalue weighted by Crippen LogP contribution is 2.14. The molecule has 0 aliphatic heterocycles. The summed E-state index contributed by atoms with van der Waals surface area (Å²) in [6.45, 7) is 0.577. The first kappa shape index (κ1) is 12.8. The van der Waals surface area contributed by atoms with Gasteiger partial charge in [-0.05, 0) is 24.5 Å². The molecule has 0 aliphatic carbocycles. The van der Waals surface area contributed by atoms with Gasteiger partial charge < -0.3 is 10.4 Å². The monoisotopic (exact) mass is 244 g/mol. The predicted molar refractivity (Wildman–Crippen MR) is 62.6 cm³/mol. The lowest BCUT2D eigenvalue weighted by molar-refractivity contribution is 0.0692. The van der Waals surface area contributed by atoms with Crippen LogP contribution in [0.4, 0.5) is 10.2 Å². The average Bonchev–Trinajstić information content (AvgIpc) is 2.26. The van der Waals surface area contributed by atoms with Gasteiger partial charge in [-0.3, -0.25) is 0 Å². The second-order valence-corrected chi connectivity index (χ2v) is 4.08. The molecule has 2 N–H and O–H groups in total. The Hall–Kier alpha value is -1.30. The van der Waals surface area contributed by atoms with Crippen LogP contribution >= 0.6 is 11.8 Å². The Bertz CT molecular complexity index is 374. The normalized spacial score (nSPS) is 10.1. The van der Waals surface area contributed by atoms with E-state index in [9.17, 15) is 9.18 Å². The molecule has 0 aliphatic rings. The van der Waals surface area contributed by atoms with Crippen LogP contribution in [-0.4, -0.2) is 34.6 Å². The lowest BCUT2D eigenvalue weighted by Crippen LogP contribution is -2.09. The van der Waals surface area contributed by atoms with E-state index in [2.05, 4.69) is 10.3 Å². The number of carboxylic acid groups (broad SMARTS) is 1. The Labute approximate surface area is 97.3 Å². The summed E-state index contributed by atoms with van der Waals surface area (Å²) < 4.78 is 13.5. The molecule has 0 unspecified atom stereocenters. The van der Waals surface area contributed by atoms with Crippen LogP contribution in [0.25, 0.3) is 0 Å². The molecule has 1 rings (SSSR count). The number of rotatable bonds is 6. The maximum atomic E-state index is 13.5. The maximum Gasteiger partial charge on any atom is 0.338 e. The molecular weight excluding hydrogens is 231 g/mol. The highest BCUT2D eigenvalue weighted by molar-refractivity contribution is 7.98. The van der Waals surface area contributed by atoms with Crippen molar-refractivity contribution in [2.75, 3.05) is 23.9 Å². The number of hydrogen-bond acceptors (Lipinski definition) is 4. The van der Waals surface area contributed by atoms with Gasteiger partial charge in [0.1, 0.15) is 5.56 Å². The zero-order chi connectivity index (χ0) is 12.0. The fourth-order valence-electron chi connectivity index (χ4n) is 1.16. The Morgan fingerprint density at radius 1 is 1.69 bits per heavy atom. The van der Waals surface area contributed by atoms with Crippen molar-refractivity contribution < 1.29 is 14.3 Å². The summed E-state index contributed by atoms with van der Waals surface area (Å²) in [5.41, 5.74) is -0.359. The molecule has 0 saturated carbocycles. The number of hydrogen-bond donors (Lipinski definition) is 2. The van der Waals surface area contributed by atoms with Crippen molar-refractivity contribution in [2.45, 2.75) is 6.42 Å². The van der Waals surface area contributed by atoms with Gasteiger partial charge in [0.2, 0.25) is 0 Å². The van der Waals surface area contributed by atoms with Gasteiger partial charge in [-0.1, -0.05) is 0 Å². The van der Waals surface area contributed by atoms with Gasteiger partial charge in [-0.25, -0.2) is 14.2 Å². The third-order valence-electron chi connectivity index (χ3n) is 1.94. The Balaban J connectivity index is 2.66. The number of anilines is 1. The number of aromatic carboxylic acids is 1. The van der Waals surface area contributed by atoms with E-state index >= 15 is 0 Å². The quantitative estimate of drug-likeness (QED) is 0.750. The van der Waals surface area contributed by atoms with Crippen molar-refractivity contribution in [3.8, 4) is 0 Å². The molecule has 0 spiro atoms. The third kappa shape index (κ3) is 3.37. The number of carboxylic acids is 1. The van der Waals surface area contributed by atoms with Gasteiger partial charge in [0, 0.05) is 12.7 Å². The molecule has 0 bridgehead atoms. The van der Waals surface area contributed by atoms with Crippen molar-refractivity contribution in [1.29, 1.82) is 0 Å². The minimum atomic E-state index is -1.29. The molecule has 16 heavy (non-hydrogen) atoms. The van der Waals surface area contributed by atoms with Crippen LogP contribution in [0.2, 0.25) is 0 Å². The van der Waals surface area contributed by atoms with Crippen LogP contribution in [0, 0.1) is 5.82 Å². The van der Waals surface area contributed by atoms with Crippen LogP contribution in [0.1, 0.15) is 16.8 Å². The SMILES string of the molecule is CSCCCNc1nccc(C(=O)O)c1F. The smallest absolute Gasteiger partial charge is 0.338 e. The molecule has 0 amide bonds. The number of halogens is 1. The summed E-state index contributed by atoms with van der Waals surface area (Å²) in [4.78, 5) is 14.4. The molecule has 6 heteroatoms. The minimum Gasteiger partial charge on any atom is -0.478 e. The Kier molecular flexibility index (Phi) is 5.04. The highest BCUT2D eigenvalue weighted by atomic mass is 32.2. The van der Waals surface area contributed by atoms with E-state index in [1.165, 1.54) is 6.20 Å². The molecule has 88 valence electrons. The van der Waals surface area contributed by atoms with E-state index < -0.39 is 11.8 Å². The largest absolute Gasteiger partial charge is 0.478 e. The second-order valence-electron chi connectivity index (χ2n) is 3.10. The molecule has 0 atom stereocenters. The lowest BCUT2D eigenvalue weighted by Gasteiger charge is -2.07. The summed E-state index contributed by atoms with van der Waals surface area (Å²) in [6, 6.07) is 1.14. The van der Waals surface area contributed by atoms with Gasteiger partial charge in [-0.2, -0.15) is 11.8 Å². The molecule has 0 radical (unpaired) electrons. The number of nitrogens with zero attached hydrogens (tertiary/aromatic N) is 1. The van der Waals surface area contributed by atoms with Crippen LogP contribution in [-0.2, 0) is 0 Å². The Morgan fingerprint density at radius 3 is 3.06 bits per heavy atom. The first-order valence-corrected chi connectivity index (χ1v) is 6.16. The van der Waals surface area contributed by atoms with Crippen molar-refractivity contribution in [3.05, 3.63) is 23.6 Å². The summed E-state index contributed by atoms with van der Waals surface area (Å²) in [6.07, 6.45) is 4.15. The van der Waals surface area contributed by atoms with Crippen molar-refractivity contribution in [3.63, 3.8) is 0 Å². The number of carbonyl (C=O) groups is 1. The minimum absolute atomic E-state index is 0.000929. The Morgan fingerprint density at radius 2 is 2.44 bits per heavy atom. The summed E-state index contributed by atoms with van der Waals surface area (Å²) in [7, 11) is 0. The standard InChI is InChI=1S/C10H13FN2O2S/c1-16-6-2-4-12-9-8(11)7(10(14)15)3-5-13-9/h3,5H,2,4,6H2,1H3,(H,12,13)(H,14,15). The first-order valence-electron chi connectivity index (χ1n) is 4.77. The van der Waals surface area contributed by atoms with E-state index in [1.54, 1.807) is 11.8 Å².